The second kappa shape index (κ2) is 14.8. The Morgan fingerprint density at radius 2 is 0.973 bits per heavy atom. The first-order valence-electron chi connectivity index (χ1n) is 10.8. The van der Waals surface area contributed by atoms with E-state index in [2.05, 4.69) is 31.3 Å². The lowest BCUT2D eigenvalue weighted by Gasteiger charge is -2.11. The molecule has 0 aromatic heterocycles. The van der Waals surface area contributed by atoms with Crippen molar-refractivity contribution in [2.24, 2.45) is 9.98 Å². The van der Waals surface area contributed by atoms with Crippen LogP contribution in [0.15, 0.2) is 76.7 Å². The summed E-state index contributed by atoms with van der Waals surface area (Å²) in [5.74, 6) is 0.721. The molecule has 3 rings (SSSR count). The van der Waals surface area contributed by atoms with Gasteiger partial charge in [-0.25, -0.2) is 0 Å². The van der Waals surface area contributed by atoms with E-state index in [0.717, 1.165) is 22.8 Å². The minimum absolute atomic E-state index is 0. The van der Waals surface area contributed by atoms with Gasteiger partial charge in [0.15, 0.2) is 0 Å². The van der Waals surface area contributed by atoms with Crippen molar-refractivity contribution < 1.29 is 9.59 Å². The maximum atomic E-state index is 12.8. The van der Waals surface area contributed by atoms with E-state index in [9.17, 15) is 9.59 Å². The molecule has 0 saturated carbocycles. The second-order valence-electron chi connectivity index (χ2n) is 7.44. The molecule has 8 nitrogen and oxygen atoms in total. The van der Waals surface area contributed by atoms with Gasteiger partial charge < -0.3 is 21.3 Å². The lowest BCUT2D eigenvalue weighted by Crippen LogP contribution is -2.19. The molecule has 0 atom stereocenters. The van der Waals surface area contributed by atoms with Crippen molar-refractivity contribution in [1.29, 1.82) is 0 Å². The van der Waals surface area contributed by atoms with E-state index in [1.54, 1.807) is 52.5 Å². The van der Waals surface area contributed by atoms with E-state index in [4.69, 9.17) is 11.6 Å². The third-order valence-corrected chi connectivity index (χ3v) is 5.39. The number of hydrogen-bond acceptors (Lipinski definition) is 4. The van der Waals surface area contributed by atoms with Crippen molar-refractivity contribution in [2.45, 2.75) is 0 Å². The molecule has 0 heterocycles. The zero-order valence-corrected chi connectivity index (χ0v) is 23.1. The molecular weight excluding hydrogens is 535 g/mol. The fourth-order valence-corrected chi connectivity index (χ4v) is 3.69. The number of hydrogen-bond donors (Lipinski definition) is 4. The van der Waals surface area contributed by atoms with Crippen molar-refractivity contribution in [3.63, 3.8) is 0 Å². The van der Waals surface area contributed by atoms with Crippen LogP contribution in [0.5, 0.6) is 0 Å². The first kappa shape index (κ1) is 31.4. The highest BCUT2D eigenvalue weighted by Gasteiger charge is 2.14. The first-order valence-corrected chi connectivity index (χ1v) is 11.2. The number of halogens is 3. The van der Waals surface area contributed by atoms with E-state index >= 15 is 0 Å². The van der Waals surface area contributed by atoms with Gasteiger partial charge in [-0.3, -0.25) is 19.6 Å². The fourth-order valence-electron chi connectivity index (χ4n) is 3.45. The smallest absolute Gasteiger partial charge is 0.255 e. The number of nitrogens with zero attached hydrogens (tertiary/aromatic N) is 2. The summed E-state index contributed by atoms with van der Waals surface area (Å²) in [7, 11) is 6.98. The summed E-state index contributed by atoms with van der Waals surface area (Å²) in [5, 5.41) is 11.9. The van der Waals surface area contributed by atoms with Gasteiger partial charge in [-0.2, -0.15) is 0 Å². The van der Waals surface area contributed by atoms with Gasteiger partial charge in [0.05, 0.1) is 0 Å². The standard InChI is InChI=1S/C26H27ClN6O2.2ClH/c1-28-23(29-2)16-5-9-21(10-6-16)32-25(34)18-13-19(15-20(27)14-18)26(35)33-22-11-7-17(8-12-22)24(30-3)31-4;;/h5-15H,1-4H3,(H,28,29)(H,30,31)(H,32,34)(H,33,35);2*1H. The molecule has 196 valence electrons. The number of amidine groups is 2. The maximum absolute atomic E-state index is 12.8. The summed E-state index contributed by atoms with van der Waals surface area (Å²) in [6.07, 6.45) is 0. The normalized spacial score (nSPS) is 10.9. The Hall–Kier alpha value is -3.59. The Morgan fingerprint density at radius 1 is 0.622 bits per heavy atom. The Labute approximate surface area is 233 Å². The summed E-state index contributed by atoms with van der Waals surface area (Å²) >= 11 is 6.22. The minimum Gasteiger partial charge on any atom is -0.373 e. The van der Waals surface area contributed by atoms with Gasteiger partial charge in [-0.05, 0) is 66.7 Å². The lowest BCUT2D eigenvalue weighted by atomic mass is 10.1. The largest absolute Gasteiger partial charge is 0.373 e. The molecule has 0 radical (unpaired) electrons. The third kappa shape index (κ3) is 8.21. The van der Waals surface area contributed by atoms with Crippen molar-refractivity contribution in [3.05, 3.63) is 94.0 Å². The van der Waals surface area contributed by atoms with Crippen molar-refractivity contribution >= 4 is 71.3 Å². The average molecular weight is 564 g/mol. The van der Waals surface area contributed by atoms with E-state index in [1.165, 1.54) is 18.2 Å². The molecule has 11 heteroatoms. The highest BCUT2D eigenvalue weighted by atomic mass is 35.5. The maximum Gasteiger partial charge on any atom is 0.255 e. The van der Waals surface area contributed by atoms with Gasteiger partial charge in [0, 0.05) is 66.8 Å². The fraction of sp³-hybridized carbons (Fsp3) is 0.154. The van der Waals surface area contributed by atoms with Gasteiger partial charge >= 0.3 is 0 Å². The molecule has 0 spiro atoms. The number of carbonyl (C=O) groups is 2. The number of anilines is 2. The molecule has 0 aliphatic heterocycles. The number of aliphatic imine (C=N–C) groups is 2. The van der Waals surface area contributed by atoms with E-state index < -0.39 is 0 Å². The molecule has 4 N–H and O–H groups in total. The molecular formula is C26H29Cl3N6O2. The Bertz CT molecular complexity index is 1180. The molecule has 0 aliphatic carbocycles. The van der Waals surface area contributed by atoms with Crippen LogP contribution >= 0.6 is 36.4 Å². The van der Waals surface area contributed by atoms with Crippen molar-refractivity contribution in [2.75, 3.05) is 38.8 Å². The molecule has 3 aromatic carbocycles. The monoisotopic (exact) mass is 562 g/mol. The predicted molar refractivity (Wildman–Crippen MR) is 158 cm³/mol. The summed E-state index contributed by atoms with van der Waals surface area (Å²) in [4.78, 5) is 34.0. The second-order valence-corrected chi connectivity index (χ2v) is 7.87. The van der Waals surface area contributed by atoms with Gasteiger partial charge in [0.2, 0.25) is 0 Å². The van der Waals surface area contributed by atoms with Crippen LogP contribution in [0.25, 0.3) is 0 Å². The third-order valence-electron chi connectivity index (χ3n) is 5.18. The van der Waals surface area contributed by atoms with Crippen LogP contribution in [0.2, 0.25) is 5.02 Å². The van der Waals surface area contributed by atoms with Crippen LogP contribution in [0.1, 0.15) is 31.8 Å². The molecule has 2 amide bonds. The van der Waals surface area contributed by atoms with Crippen LogP contribution in [0, 0.1) is 0 Å². The molecule has 0 fully saturated rings. The van der Waals surface area contributed by atoms with E-state index in [1.807, 2.05) is 24.3 Å². The minimum atomic E-state index is -0.380. The number of amides is 2. The molecule has 3 aromatic rings. The molecule has 37 heavy (non-hydrogen) atoms. The molecule has 0 bridgehead atoms. The van der Waals surface area contributed by atoms with Gasteiger partial charge in [-0.1, -0.05) is 11.6 Å². The number of rotatable bonds is 6. The highest BCUT2D eigenvalue weighted by Crippen LogP contribution is 2.19. The van der Waals surface area contributed by atoms with Crippen LogP contribution in [-0.4, -0.2) is 51.7 Å². The van der Waals surface area contributed by atoms with Crippen LogP contribution in [0.3, 0.4) is 0 Å². The summed E-state index contributed by atoms with van der Waals surface area (Å²) < 4.78 is 0. The topological polar surface area (TPSA) is 107 Å². The zero-order valence-electron chi connectivity index (χ0n) is 20.8. The van der Waals surface area contributed by atoms with Gasteiger partial charge in [0.1, 0.15) is 11.7 Å². The number of nitrogens with one attached hydrogen (secondary N) is 4. The van der Waals surface area contributed by atoms with Crippen LogP contribution < -0.4 is 21.3 Å². The van der Waals surface area contributed by atoms with E-state index in [-0.39, 0.29) is 52.8 Å². The lowest BCUT2D eigenvalue weighted by molar-refractivity contribution is 0.102. The predicted octanol–water partition coefficient (Wildman–Crippen LogP) is 4.88. The Balaban J connectivity index is 0.00000342. The number of carbonyl (C=O) groups excluding carboxylic acids is 2. The van der Waals surface area contributed by atoms with Crippen LogP contribution in [-0.2, 0) is 0 Å². The quantitative estimate of drug-likeness (QED) is 0.253. The average Bonchev–Trinajstić information content (AvgIpc) is 2.87. The summed E-state index contributed by atoms with van der Waals surface area (Å²) in [5.41, 5.74) is 3.54. The molecule has 0 unspecified atom stereocenters. The van der Waals surface area contributed by atoms with Crippen LogP contribution in [0.4, 0.5) is 11.4 Å². The Kier molecular flexibility index (Phi) is 12.6. The van der Waals surface area contributed by atoms with Crippen molar-refractivity contribution in [1.82, 2.24) is 10.6 Å². The van der Waals surface area contributed by atoms with Gasteiger partial charge in [-0.15, -0.1) is 24.8 Å². The number of benzene rings is 3. The first-order chi connectivity index (χ1) is 16.9. The van der Waals surface area contributed by atoms with Gasteiger partial charge in [0.25, 0.3) is 11.8 Å². The highest BCUT2D eigenvalue weighted by molar-refractivity contribution is 6.31. The van der Waals surface area contributed by atoms with Crippen molar-refractivity contribution in [3.8, 4) is 0 Å². The zero-order chi connectivity index (χ0) is 25.4. The summed E-state index contributed by atoms with van der Waals surface area (Å²) in [6, 6.07) is 19.0. The SMILES string of the molecule is CN=C(NC)c1ccc(NC(=O)c2cc(Cl)cc(C(=O)Nc3ccc(C(=NC)NC)cc3)c2)cc1.Cl.Cl. The van der Waals surface area contributed by atoms with E-state index in [0.29, 0.717) is 11.4 Å². The Morgan fingerprint density at radius 3 is 1.27 bits per heavy atom. The summed E-state index contributed by atoms with van der Waals surface area (Å²) in [6.45, 7) is 0. The molecule has 0 aliphatic rings. The molecule has 0 saturated heterocycles.